The predicted molar refractivity (Wildman–Crippen MR) is 78.8 cm³/mol. The summed E-state index contributed by atoms with van der Waals surface area (Å²) < 4.78 is 4.87. The summed E-state index contributed by atoms with van der Waals surface area (Å²) in [6, 6.07) is 5.95. The fourth-order valence-corrected chi connectivity index (χ4v) is 2.16. The van der Waals surface area contributed by atoms with E-state index in [2.05, 4.69) is 4.85 Å². The minimum atomic E-state index is -0.632. The van der Waals surface area contributed by atoms with Crippen LogP contribution in [0.25, 0.3) is 4.85 Å². The first-order valence-corrected chi connectivity index (χ1v) is 6.71. The summed E-state index contributed by atoms with van der Waals surface area (Å²) in [5.41, 5.74) is 1.11. The predicted octanol–water partition coefficient (Wildman–Crippen LogP) is 2.32. The summed E-state index contributed by atoms with van der Waals surface area (Å²) in [5, 5.41) is 0. The average molecular weight is 298 g/mol. The van der Waals surface area contributed by atoms with Crippen LogP contribution in [0.2, 0.25) is 0 Å². The molecule has 0 radical (unpaired) electrons. The van der Waals surface area contributed by atoms with Gasteiger partial charge in [-0.2, -0.15) is 0 Å². The van der Waals surface area contributed by atoms with E-state index in [1.54, 1.807) is 13.8 Å². The summed E-state index contributed by atoms with van der Waals surface area (Å²) >= 11 is 0. The monoisotopic (exact) mass is 298 g/mol. The van der Waals surface area contributed by atoms with Gasteiger partial charge in [0.15, 0.2) is 0 Å². The maximum atomic E-state index is 12.2. The number of ether oxygens (including phenoxy) is 1. The van der Waals surface area contributed by atoms with Crippen LogP contribution in [0.15, 0.2) is 35.5 Å². The van der Waals surface area contributed by atoms with Crippen molar-refractivity contribution < 1.29 is 19.1 Å². The number of hydrogen-bond acceptors (Lipinski definition) is 4. The molecule has 1 aromatic carbocycles. The van der Waals surface area contributed by atoms with E-state index in [1.807, 2.05) is 0 Å². The zero-order valence-corrected chi connectivity index (χ0v) is 12.3. The van der Waals surface area contributed by atoms with Crippen LogP contribution >= 0.6 is 0 Å². The molecule has 0 aromatic heterocycles. The topological polar surface area (TPSA) is 68.0 Å². The highest BCUT2D eigenvalue weighted by Crippen LogP contribution is 2.26. The Balaban J connectivity index is 2.33. The fraction of sp³-hybridized carbons (Fsp3) is 0.250. The third-order valence-electron chi connectivity index (χ3n) is 3.22. The molecule has 0 N–H and O–H groups in total. The van der Waals surface area contributed by atoms with E-state index >= 15 is 0 Å². The second-order valence-electron chi connectivity index (χ2n) is 4.72. The Morgan fingerprint density at radius 1 is 1.32 bits per heavy atom. The van der Waals surface area contributed by atoms with Gasteiger partial charge >= 0.3 is 5.97 Å². The molecule has 6 nitrogen and oxygen atoms in total. The molecule has 112 valence electrons. The molecular formula is C16H14N2O4. The first kappa shape index (κ1) is 15.4. The molecule has 2 amide bonds. The molecule has 0 saturated carbocycles. The third kappa shape index (κ3) is 2.74. The van der Waals surface area contributed by atoms with Crippen LogP contribution in [0.4, 0.5) is 5.69 Å². The summed E-state index contributed by atoms with van der Waals surface area (Å²) in [5.74, 6) is -1.49. The van der Waals surface area contributed by atoms with Crippen LogP contribution in [0.3, 0.4) is 0 Å². The Hall–Kier alpha value is -2.94. The molecule has 1 heterocycles. The van der Waals surface area contributed by atoms with Gasteiger partial charge in [0, 0.05) is 6.42 Å². The Bertz CT molecular complexity index is 711. The molecule has 0 aliphatic carbocycles. The van der Waals surface area contributed by atoms with Crippen molar-refractivity contribution in [2.75, 3.05) is 11.5 Å². The minimum absolute atomic E-state index is 0.0308. The third-order valence-corrected chi connectivity index (χ3v) is 3.22. The lowest BCUT2D eigenvalue weighted by atomic mass is 10.0. The quantitative estimate of drug-likeness (QED) is 0.488. The van der Waals surface area contributed by atoms with Gasteiger partial charge in [-0.1, -0.05) is 12.5 Å². The molecule has 0 unspecified atom stereocenters. The Morgan fingerprint density at radius 2 is 1.95 bits per heavy atom. The number of rotatable bonds is 3. The number of esters is 1. The highest BCUT2D eigenvalue weighted by Gasteiger charge is 2.33. The number of carbonyl (C=O) groups is 3. The number of nitrogens with zero attached hydrogens (tertiary/aromatic N) is 2. The van der Waals surface area contributed by atoms with Crippen molar-refractivity contribution >= 4 is 23.5 Å². The van der Waals surface area contributed by atoms with E-state index < -0.39 is 17.8 Å². The number of amides is 2. The highest BCUT2D eigenvalue weighted by molar-refractivity contribution is 6.24. The molecule has 0 saturated heterocycles. The summed E-state index contributed by atoms with van der Waals surface area (Å²) in [7, 11) is 0. The molecule has 2 rings (SSSR count). The second kappa shape index (κ2) is 6.22. The maximum Gasteiger partial charge on any atom is 0.338 e. The normalized spacial score (nSPS) is 14.9. The summed E-state index contributed by atoms with van der Waals surface area (Å²) in [4.78, 5) is 40.1. The van der Waals surface area contributed by atoms with Crippen LogP contribution in [-0.4, -0.2) is 24.4 Å². The van der Waals surface area contributed by atoms with Gasteiger partial charge in [0.05, 0.1) is 24.4 Å². The van der Waals surface area contributed by atoms with E-state index in [0.29, 0.717) is 16.8 Å². The van der Waals surface area contributed by atoms with E-state index in [0.717, 1.165) is 4.90 Å². The van der Waals surface area contributed by atoms with Gasteiger partial charge in [0.1, 0.15) is 0 Å². The molecular weight excluding hydrogens is 284 g/mol. The van der Waals surface area contributed by atoms with Crippen LogP contribution < -0.4 is 4.90 Å². The number of imide groups is 1. The molecule has 1 aliphatic heterocycles. The Morgan fingerprint density at radius 3 is 2.50 bits per heavy atom. The van der Waals surface area contributed by atoms with E-state index in [-0.39, 0.29) is 18.7 Å². The number of carbonyl (C=O) groups excluding carboxylic acids is 3. The zero-order chi connectivity index (χ0) is 16.3. The minimum Gasteiger partial charge on any atom is -0.462 e. The molecule has 6 heteroatoms. The fourth-order valence-electron chi connectivity index (χ4n) is 2.16. The van der Waals surface area contributed by atoms with Crippen molar-refractivity contribution in [1.29, 1.82) is 0 Å². The van der Waals surface area contributed by atoms with Crippen LogP contribution in [-0.2, 0) is 14.3 Å². The highest BCUT2D eigenvalue weighted by atomic mass is 16.5. The first-order valence-electron chi connectivity index (χ1n) is 6.71. The maximum absolute atomic E-state index is 12.2. The first-order chi connectivity index (χ1) is 10.5. The van der Waals surface area contributed by atoms with Crippen LogP contribution in [0.1, 0.15) is 30.6 Å². The second-order valence-corrected chi connectivity index (χ2v) is 4.72. The Kier molecular flexibility index (Phi) is 4.37. The van der Waals surface area contributed by atoms with Crippen molar-refractivity contribution in [2.45, 2.75) is 20.3 Å². The molecule has 0 spiro atoms. The lowest BCUT2D eigenvalue weighted by molar-refractivity contribution is -0.125. The van der Waals surface area contributed by atoms with E-state index in [9.17, 15) is 14.4 Å². The molecule has 0 bridgehead atoms. The van der Waals surface area contributed by atoms with Crippen molar-refractivity contribution in [1.82, 2.24) is 0 Å². The van der Waals surface area contributed by atoms with Gasteiger partial charge < -0.3 is 4.74 Å². The van der Waals surface area contributed by atoms with Gasteiger partial charge in [0.2, 0.25) is 5.91 Å². The number of anilines is 1. The average Bonchev–Trinajstić information content (AvgIpc) is 2.48. The summed E-state index contributed by atoms with van der Waals surface area (Å²) in [6.07, 6.45) is 0.0308. The number of hydrogen-bond donors (Lipinski definition) is 0. The summed E-state index contributed by atoms with van der Waals surface area (Å²) in [6.45, 7) is 10.6. The molecule has 1 aromatic rings. The van der Waals surface area contributed by atoms with Crippen molar-refractivity contribution in [2.24, 2.45) is 0 Å². The van der Waals surface area contributed by atoms with E-state index in [4.69, 9.17) is 11.3 Å². The molecule has 0 fully saturated rings. The van der Waals surface area contributed by atoms with Gasteiger partial charge in [-0.05, 0) is 31.2 Å². The van der Waals surface area contributed by atoms with Crippen molar-refractivity contribution in [3.8, 4) is 0 Å². The van der Waals surface area contributed by atoms with Gasteiger partial charge in [-0.15, -0.1) is 0 Å². The van der Waals surface area contributed by atoms with Crippen LogP contribution in [0.5, 0.6) is 0 Å². The lowest BCUT2D eigenvalue weighted by Gasteiger charge is -2.25. The Labute approximate surface area is 127 Å². The van der Waals surface area contributed by atoms with Gasteiger partial charge in [-0.25, -0.2) is 9.64 Å². The lowest BCUT2D eigenvalue weighted by Crippen LogP contribution is -2.41. The standard InChI is InChI=1S/C16H14N2O4/c1-4-22-16(21)11-5-7-12(8-6-11)18-13(19)9-10(2)14(17-3)15(18)20/h5-8H,4,9H2,1-2H3. The SMILES string of the molecule is [C-]#[N+]C1=C(C)CC(=O)N(c2ccc(C(=O)OCC)cc2)C1=O. The van der Waals surface area contributed by atoms with Gasteiger partial charge in [-0.3, -0.25) is 14.5 Å². The number of benzene rings is 1. The van der Waals surface area contributed by atoms with Gasteiger partial charge in [0.25, 0.3) is 11.6 Å². The smallest absolute Gasteiger partial charge is 0.338 e. The van der Waals surface area contributed by atoms with E-state index in [1.165, 1.54) is 24.3 Å². The molecule has 1 aliphatic rings. The van der Waals surface area contributed by atoms with Crippen LogP contribution in [0, 0.1) is 6.57 Å². The van der Waals surface area contributed by atoms with Crippen molar-refractivity contribution in [3.63, 3.8) is 0 Å². The largest absolute Gasteiger partial charge is 0.462 e. The zero-order valence-electron chi connectivity index (χ0n) is 12.3. The molecule has 0 atom stereocenters. The molecule has 22 heavy (non-hydrogen) atoms. The van der Waals surface area contributed by atoms with Crippen molar-refractivity contribution in [3.05, 3.63) is 52.5 Å².